The second-order valence-electron chi connectivity index (χ2n) is 20.0. The van der Waals surface area contributed by atoms with Crippen LogP contribution in [0.15, 0.2) is 24.3 Å². The molecule has 1 atom stereocenters. The van der Waals surface area contributed by atoms with Crippen LogP contribution < -0.4 is 0 Å². The molecule has 0 aromatic carbocycles. The summed E-state index contributed by atoms with van der Waals surface area (Å²) >= 11 is 0. The summed E-state index contributed by atoms with van der Waals surface area (Å²) < 4.78 is 16.9. The van der Waals surface area contributed by atoms with Gasteiger partial charge in [-0.25, -0.2) is 0 Å². The van der Waals surface area contributed by atoms with Crippen molar-refractivity contribution in [3.8, 4) is 0 Å². The molecular formula is C60H112O6. The van der Waals surface area contributed by atoms with E-state index in [1.54, 1.807) is 0 Å². The number of rotatable bonds is 54. The Labute approximate surface area is 411 Å². The van der Waals surface area contributed by atoms with Gasteiger partial charge in [-0.1, -0.05) is 283 Å². The van der Waals surface area contributed by atoms with Crippen LogP contribution in [0.25, 0.3) is 0 Å². The van der Waals surface area contributed by atoms with Gasteiger partial charge in [0.15, 0.2) is 6.10 Å². The monoisotopic (exact) mass is 929 g/mol. The average Bonchev–Trinajstić information content (AvgIpc) is 3.31. The normalized spacial score (nSPS) is 12.1. The maximum atomic E-state index is 12.8. The molecule has 1 unspecified atom stereocenters. The van der Waals surface area contributed by atoms with E-state index in [4.69, 9.17) is 14.2 Å². The lowest BCUT2D eigenvalue weighted by atomic mass is 10.0. The molecule has 0 radical (unpaired) electrons. The molecule has 6 nitrogen and oxygen atoms in total. The zero-order valence-electron chi connectivity index (χ0n) is 44.5. The molecule has 0 rings (SSSR count). The van der Waals surface area contributed by atoms with E-state index in [-0.39, 0.29) is 31.1 Å². The maximum absolute atomic E-state index is 12.8. The van der Waals surface area contributed by atoms with Gasteiger partial charge < -0.3 is 14.2 Å². The molecular weight excluding hydrogens is 817 g/mol. The molecule has 0 aliphatic carbocycles. The van der Waals surface area contributed by atoms with Crippen molar-refractivity contribution in [2.45, 2.75) is 329 Å². The molecule has 6 heteroatoms. The third-order valence-corrected chi connectivity index (χ3v) is 13.2. The first-order valence-corrected chi connectivity index (χ1v) is 29.4. The molecule has 0 N–H and O–H groups in total. The minimum atomic E-state index is -0.780. The van der Waals surface area contributed by atoms with Crippen molar-refractivity contribution >= 4 is 17.9 Å². The predicted octanol–water partition coefficient (Wildman–Crippen LogP) is 19.5. The number of unbranched alkanes of at least 4 members (excludes halogenated alkanes) is 40. The third-order valence-electron chi connectivity index (χ3n) is 13.2. The van der Waals surface area contributed by atoms with E-state index in [2.05, 4.69) is 45.1 Å². The lowest BCUT2D eigenvalue weighted by Crippen LogP contribution is -2.30. The highest BCUT2D eigenvalue weighted by Crippen LogP contribution is 2.17. The molecule has 0 saturated heterocycles. The minimum Gasteiger partial charge on any atom is -0.462 e. The molecule has 0 aliphatic rings. The number of hydrogen-bond acceptors (Lipinski definition) is 6. The lowest BCUT2D eigenvalue weighted by Gasteiger charge is -2.18. The number of carbonyl (C=O) groups is 3. The number of carbonyl (C=O) groups excluding carboxylic acids is 3. The summed E-state index contributed by atoms with van der Waals surface area (Å²) in [7, 11) is 0. The summed E-state index contributed by atoms with van der Waals surface area (Å²) in [5.74, 6) is -0.881. The van der Waals surface area contributed by atoms with Gasteiger partial charge in [0.25, 0.3) is 0 Å². The largest absolute Gasteiger partial charge is 0.462 e. The van der Waals surface area contributed by atoms with Gasteiger partial charge in [-0.05, 0) is 44.9 Å². The Bertz CT molecular complexity index is 1070. The second kappa shape index (κ2) is 55.5. The van der Waals surface area contributed by atoms with Crippen molar-refractivity contribution in [2.75, 3.05) is 13.2 Å². The molecule has 0 aromatic rings. The van der Waals surface area contributed by atoms with Crippen LogP contribution in [0.3, 0.4) is 0 Å². The van der Waals surface area contributed by atoms with Gasteiger partial charge in [0.1, 0.15) is 13.2 Å². The number of esters is 3. The van der Waals surface area contributed by atoms with Gasteiger partial charge in [-0.3, -0.25) is 14.4 Å². The van der Waals surface area contributed by atoms with E-state index in [0.717, 1.165) is 70.6 Å². The van der Waals surface area contributed by atoms with Crippen LogP contribution in [-0.2, 0) is 28.6 Å². The van der Waals surface area contributed by atoms with Crippen LogP contribution in [0.5, 0.6) is 0 Å². The fourth-order valence-corrected chi connectivity index (χ4v) is 8.79. The van der Waals surface area contributed by atoms with Gasteiger partial charge in [0.05, 0.1) is 0 Å². The Hall–Kier alpha value is -2.11. The van der Waals surface area contributed by atoms with E-state index in [9.17, 15) is 14.4 Å². The lowest BCUT2D eigenvalue weighted by molar-refractivity contribution is -0.167. The van der Waals surface area contributed by atoms with E-state index in [1.807, 2.05) is 0 Å². The number of hydrogen-bond donors (Lipinski definition) is 0. The van der Waals surface area contributed by atoms with Crippen molar-refractivity contribution in [3.05, 3.63) is 24.3 Å². The van der Waals surface area contributed by atoms with Crippen LogP contribution in [0.4, 0.5) is 0 Å². The zero-order chi connectivity index (χ0) is 47.9. The molecule has 0 spiro atoms. The minimum absolute atomic E-state index is 0.0764. The molecule has 0 heterocycles. The van der Waals surface area contributed by atoms with Crippen molar-refractivity contribution in [1.29, 1.82) is 0 Å². The SMILES string of the molecule is CCCCCCCCC/C=C\C=C/CCCCCC(=O)OC(COC(=O)CCCCCCCCCCCCCCC)COC(=O)CCCCCCCCCCCCCCCCCCCCC. The van der Waals surface area contributed by atoms with E-state index in [1.165, 1.54) is 212 Å². The van der Waals surface area contributed by atoms with Crippen LogP contribution in [0.2, 0.25) is 0 Å². The van der Waals surface area contributed by atoms with Crippen LogP contribution in [0.1, 0.15) is 323 Å². The summed E-state index contributed by atoms with van der Waals surface area (Å²) in [6.07, 6.45) is 64.6. The van der Waals surface area contributed by atoms with Crippen molar-refractivity contribution in [1.82, 2.24) is 0 Å². The Kier molecular flexibility index (Phi) is 53.7. The molecule has 0 saturated carbocycles. The molecule has 66 heavy (non-hydrogen) atoms. The molecule has 0 fully saturated rings. The first-order chi connectivity index (χ1) is 32.5. The number of ether oxygens (including phenoxy) is 3. The van der Waals surface area contributed by atoms with Crippen LogP contribution >= 0.6 is 0 Å². The van der Waals surface area contributed by atoms with Crippen LogP contribution in [-0.4, -0.2) is 37.2 Å². The van der Waals surface area contributed by atoms with Gasteiger partial charge in [-0.2, -0.15) is 0 Å². The standard InChI is InChI=1S/C60H112O6/c1-4-7-10-13-16-19-22-25-27-29-30-31-33-35-38-41-44-47-50-53-59(62)65-56-57(55-64-58(61)52-49-46-43-40-37-34-24-21-18-15-12-9-6-3)66-60(63)54-51-48-45-42-39-36-32-28-26-23-20-17-14-11-8-5-2/h28,32,36,39,57H,4-27,29-31,33-35,37-38,40-56H2,1-3H3/b32-28-,39-36-. The molecule has 0 aromatic heterocycles. The first-order valence-electron chi connectivity index (χ1n) is 29.4. The number of allylic oxidation sites excluding steroid dienone is 4. The quantitative estimate of drug-likeness (QED) is 0.0262. The Balaban J connectivity index is 4.33. The van der Waals surface area contributed by atoms with Gasteiger partial charge >= 0.3 is 17.9 Å². The van der Waals surface area contributed by atoms with Crippen molar-refractivity contribution in [2.24, 2.45) is 0 Å². The fraction of sp³-hybridized carbons (Fsp3) is 0.883. The second-order valence-corrected chi connectivity index (χ2v) is 20.0. The van der Waals surface area contributed by atoms with Crippen LogP contribution in [0, 0.1) is 0 Å². The first kappa shape index (κ1) is 63.9. The Morgan fingerprint density at radius 3 is 0.818 bits per heavy atom. The van der Waals surface area contributed by atoms with Crippen molar-refractivity contribution in [3.63, 3.8) is 0 Å². The van der Waals surface area contributed by atoms with Gasteiger partial charge in [0, 0.05) is 19.3 Å². The van der Waals surface area contributed by atoms with Crippen molar-refractivity contribution < 1.29 is 28.6 Å². The van der Waals surface area contributed by atoms with E-state index < -0.39 is 6.10 Å². The maximum Gasteiger partial charge on any atom is 0.306 e. The molecule has 0 bridgehead atoms. The van der Waals surface area contributed by atoms with Gasteiger partial charge in [-0.15, -0.1) is 0 Å². The Morgan fingerprint density at radius 1 is 0.303 bits per heavy atom. The predicted molar refractivity (Wildman–Crippen MR) is 284 cm³/mol. The summed E-state index contributed by atoms with van der Waals surface area (Å²) in [4.78, 5) is 38.1. The molecule has 388 valence electrons. The highest BCUT2D eigenvalue weighted by Gasteiger charge is 2.19. The topological polar surface area (TPSA) is 78.9 Å². The summed E-state index contributed by atoms with van der Waals surface area (Å²) in [6, 6.07) is 0. The van der Waals surface area contributed by atoms with E-state index >= 15 is 0 Å². The molecule has 0 aliphatic heterocycles. The fourth-order valence-electron chi connectivity index (χ4n) is 8.79. The summed E-state index contributed by atoms with van der Waals surface area (Å²) in [5, 5.41) is 0. The summed E-state index contributed by atoms with van der Waals surface area (Å²) in [6.45, 7) is 6.66. The van der Waals surface area contributed by atoms with Gasteiger partial charge in [0.2, 0.25) is 0 Å². The smallest absolute Gasteiger partial charge is 0.306 e. The van der Waals surface area contributed by atoms with E-state index in [0.29, 0.717) is 19.3 Å². The highest BCUT2D eigenvalue weighted by atomic mass is 16.6. The molecule has 0 amide bonds. The Morgan fingerprint density at radius 2 is 0.530 bits per heavy atom. The summed E-state index contributed by atoms with van der Waals surface area (Å²) in [5.41, 5.74) is 0. The third kappa shape index (κ3) is 52.9. The highest BCUT2D eigenvalue weighted by molar-refractivity contribution is 5.71. The average molecular weight is 930 g/mol. The zero-order valence-corrected chi connectivity index (χ0v) is 44.5.